The normalized spacial score (nSPS) is 14.4. The summed E-state index contributed by atoms with van der Waals surface area (Å²) in [5.41, 5.74) is 3.36. The summed E-state index contributed by atoms with van der Waals surface area (Å²) in [5, 5.41) is 15.8. The molecule has 7 rings (SSSR count). The molecule has 16 heteroatoms. The number of carbonyl (C=O) groups excluding carboxylic acids is 2. The van der Waals surface area contributed by atoms with Crippen LogP contribution in [0, 0.1) is 0 Å². The molecule has 5 aromatic rings. The van der Waals surface area contributed by atoms with Crippen molar-refractivity contribution < 1.29 is 28.5 Å². The monoisotopic (exact) mass is 933 g/mol. The molecule has 2 aromatic heterocycles. The second-order valence-electron chi connectivity index (χ2n) is 17.9. The van der Waals surface area contributed by atoms with Gasteiger partial charge in [-0.25, -0.2) is 19.0 Å². The van der Waals surface area contributed by atoms with Gasteiger partial charge in [-0.3, -0.25) is 9.80 Å². The van der Waals surface area contributed by atoms with Crippen LogP contribution in [0.3, 0.4) is 0 Å². The lowest BCUT2D eigenvalue weighted by Gasteiger charge is -2.26. The summed E-state index contributed by atoms with van der Waals surface area (Å²) in [5.74, 6) is 3.88. The number of nitrogens with one attached hydrogen (secondary N) is 2. The van der Waals surface area contributed by atoms with Crippen LogP contribution in [0.25, 0.3) is 0 Å². The van der Waals surface area contributed by atoms with E-state index in [1.807, 2.05) is 26.2 Å². The zero-order valence-electron chi connectivity index (χ0n) is 40.3. The summed E-state index contributed by atoms with van der Waals surface area (Å²) in [6.07, 6.45) is 13.7. The van der Waals surface area contributed by atoms with Crippen LogP contribution in [0.1, 0.15) is 121 Å². The fourth-order valence-electron chi connectivity index (χ4n) is 8.55. The number of benzene rings is 3. The van der Waals surface area contributed by atoms with E-state index in [0.717, 1.165) is 86.9 Å². The number of hydrogen-bond acceptors (Lipinski definition) is 14. The molecule has 2 aliphatic rings. The van der Waals surface area contributed by atoms with E-state index in [1.54, 1.807) is 33.6 Å². The standard InChI is InChI=1S/C52H72N10O6/c1-59-51(53-27-15-35-65-45-19-13-17-41(37-45)39-61-29-7-3-8-30-61)55-47(57-59)21-5-11-33-67-49(63)43-23-25-44(26-24-43)50(64)68-34-12-6-22-48-56-52(60(2)58-48)54-28-16-36-66-46-20-14-18-42(38-46)40-62-31-9-4-10-32-62/h13-14,17-20,23-26,37-38H,3-12,15-16,21-22,27-36,39-40H2,1-2H3,(H,53,55,57)(H,54,56,58). The molecule has 3 aromatic carbocycles. The molecule has 0 bridgehead atoms. The van der Waals surface area contributed by atoms with Gasteiger partial charge in [-0.15, -0.1) is 0 Å². The summed E-state index contributed by atoms with van der Waals surface area (Å²) in [7, 11) is 3.75. The van der Waals surface area contributed by atoms with Gasteiger partial charge in [-0.2, -0.15) is 20.2 Å². The highest BCUT2D eigenvalue weighted by Crippen LogP contribution is 2.20. The Morgan fingerprint density at radius 2 is 0.956 bits per heavy atom. The molecular formula is C52H72N10O6. The summed E-state index contributed by atoms with van der Waals surface area (Å²) in [4.78, 5) is 39.7. The number of carbonyl (C=O) groups is 2. The van der Waals surface area contributed by atoms with E-state index in [2.05, 4.69) is 77.0 Å². The first kappa shape index (κ1) is 49.9. The van der Waals surface area contributed by atoms with Gasteiger partial charge >= 0.3 is 11.9 Å². The Labute approximate surface area is 402 Å². The van der Waals surface area contributed by atoms with E-state index in [-0.39, 0.29) is 13.2 Å². The maximum absolute atomic E-state index is 12.7. The largest absolute Gasteiger partial charge is 0.494 e. The minimum Gasteiger partial charge on any atom is -0.494 e. The molecule has 68 heavy (non-hydrogen) atoms. The van der Waals surface area contributed by atoms with Crippen LogP contribution in [0.2, 0.25) is 0 Å². The van der Waals surface area contributed by atoms with Gasteiger partial charge in [0.2, 0.25) is 11.9 Å². The van der Waals surface area contributed by atoms with Crippen molar-refractivity contribution >= 4 is 23.8 Å². The molecule has 2 N–H and O–H groups in total. The van der Waals surface area contributed by atoms with Gasteiger partial charge in [-0.1, -0.05) is 37.1 Å². The number of nitrogens with zero attached hydrogens (tertiary/aromatic N) is 8. The average molecular weight is 933 g/mol. The smallest absolute Gasteiger partial charge is 0.338 e. The zero-order valence-corrected chi connectivity index (χ0v) is 40.3. The fraction of sp³-hybridized carbons (Fsp3) is 0.538. The van der Waals surface area contributed by atoms with Crippen LogP contribution in [0.5, 0.6) is 11.5 Å². The molecule has 0 aliphatic carbocycles. The number of hydrogen-bond donors (Lipinski definition) is 2. The van der Waals surface area contributed by atoms with Gasteiger partial charge in [0.15, 0.2) is 11.6 Å². The van der Waals surface area contributed by atoms with Crippen LogP contribution < -0.4 is 20.1 Å². The first-order valence-electron chi connectivity index (χ1n) is 24.9. The SMILES string of the molecule is Cn1nc(CCCCOC(=O)c2ccc(C(=O)OCCCCc3nc(NCCCOc4cccc(CN5CCCCC5)c4)n(C)n3)cc2)nc1NCCCOc1cccc(CN2CCCCC2)c1. The van der Waals surface area contributed by atoms with E-state index >= 15 is 0 Å². The molecule has 0 unspecified atom stereocenters. The molecule has 0 spiro atoms. The lowest BCUT2D eigenvalue weighted by Crippen LogP contribution is -2.29. The number of rotatable bonds is 28. The molecule has 0 saturated carbocycles. The maximum Gasteiger partial charge on any atom is 0.338 e. The van der Waals surface area contributed by atoms with Crippen LogP contribution in [-0.2, 0) is 49.5 Å². The lowest BCUT2D eigenvalue weighted by atomic mass is 10.1. The van der Waals surface area contributed by atoms with E-state index in [1.165, 1.54) is 75.8 Å². The van der Waals surface area contributed by atoms with Crippen molar-refractivity contribution in [3.63, 3.8) is 0 Å². The number of piperidine rings is 2. The minimum absolute atomic E-state index is 0.276. The average Bonchev–Trinajstić information content (AvgIpc) is 3.90. The third-order valence-corrected chi connectivity index (χ3v) is 12.3. The molecule has 366 valence electrons. The minimum atomic E-state index is -0.433. The predicted octanol–water partition coefficient (Wildman–Crippen LogP) is 8.04. The Bertz CT molecular complexity index is 2130. The van der Waals surface area contributed by atoms with Gasteiger partial charge in [0.25, 0.3) is 0 Å². The first-order valence-corrected chi connectivity index (χ1v) is 24.9. The van der Waals surface area contributed by atoms with Crippen LogP contribution in [0.4, 0.5) is 11.9 Å². The van der Waals surface area contributed by atoms with E-state index < -0.39 is 11.9 Å². The Balaban J connectivity index is 0.694. The summed E-state index contributed by atoms with van der Waals surface area (Å²) < 4.78 is 26.6. The highest BCUT2D eigenvalue weighted by molar-refractivity contribution is 5.93. The Morgan fingerprint density at radius 3 is 1.38 bits per heavy atom. The molecule has 0 atom stereocenters. The predicted molar refractivity (Wildman–Crippen MR) is 263 cm³/mol. The van der Waals surface area contributed by atoms with Crippen molar-refractivity contribution in [2.75, 3.05) is 76.3 Å². The van der Waals surface area contributed by atoms with Gasteiger partial charge in [0.05, 0.1) is 37.6 Å². The molecule has 16 nitrogen and oxygen atoms in total. The Hall–Kier alpha value is -6.00. The molecule has 2 aliphatic heterocycles. The molecule has 4 heterocycles. The van der Waals surface area contributed by atoms with E-state index in [9.17, 15) is 9.59 Å². The molecule has 2 fully saturated rings. The van der Waals surface area contributed by atoms with E-state index in [4.69, 9.17) is 18.9 Å². The highest BCUT2D eigenvalue weighted by Gasteiger charge is 2.15. The molecule has 2 saturated heterocycles. The maximum atomic E-state index is 12.7. The van der Waals surface area contributed by atoms with Crippen molar-refractivity contribution in [1.82, 2.24) is 39.3 Å². The van der Waals surface area contributed by atoms with Crippen molar-refractivity contribution in [3.8, 4) is 11.5 Å². The Kier molecular flexibility index (Phi) is 19.9. The van der Waals surface area contributed by atoms with Gasteiger partial charge in [0, 0.05) is 53.1 Å². The molecule has 0 radical (unpaired) electrons. The van der Waals surface area contributed by atoms with Crippen LogP contribution in [0.15, 0.2) is 72.8 Å². The quantitative estimate of drug-likeness (QED) is 0.0366. The topological polar surface area (TPSA) is 163 Å². The number of ether oxygens (including phenoxy) is 4. The van der Waals surface area contributed by atoms with E-state index in [0.29, 0.717) is 50.0 Å². The summed E-state index contributed by atoms with van der Waals surface area (Å²) >= 11 is 0. The van der Waals surface area contributed by atoms with Crippen molar-refractivity contribution in [2.24, 2.45) is 14.1 Å². The van der Waals surface area contributed by atoms with Crippen LogP contribution in [-0.4, -0.2) is 117 Å². The number of aryl methyl sites for hydroxylation is 4. The number of likely N-dealkylation sites (tertiary alicyclic amines) is 2. The third-order valence-electron chi connectivity index (χ3n) is 12.3. The number of aromatic nitrogens is 6. The second kappa shape index (κ2) is 27.1. The number of anilines is 2. The van der Waals surface area contributed by atoms with Crippen molar-refractivity contribution in [2.45, 2.75) is 103 Å². The number of esters is 2. The van der Waals surface area contributed by atoms with Crippen molar-refractivity contribution in [1.29, 1.82) is 0 Å². The highest BCUT2D eigenvalue weighted by atomic mass is 16.5. The lowest BCUT2D eigenvalue weighted by molar-refractivity contribution is 0.0484. The summed E-state index contributed by atoms with van der Waals surface area (Å²) in [6, 6.07) is 23.2. The molecule has 0 amide bonds. The van der Waals surface area contributed by atoms with Gasteiger partial charge < -0.3 is 29.6 Å². The van der Waals surface area contributed by atoms with Gasteiger partial charge in [-0.05, 0) is 150 Å². The van der Waals surface area contributed by atoms with Gasteiger partial charge in [0.1, 0.15) is 11.5 Å². The van der Waals surface area contributed by atoms with Crippen molar-refractivity contribution in [3.05, 3.63) is 107 Å². The Morgan fingerprint density at radius 1 is 0.529 bits per heavy atom. The third kappa shape index (κ3) is 16.7. The fourth-order valence-corrected chi connectivity index (χ4v) is 8.55. The first-order chi connectivity index (χ1) is 33.3. The zero-order chi connectivity index (χ0) is 47.2. The molecular weight excluding hydrogens is 861 g/mol. The second-order valence-corrected chi connectivity index (χ2v) is 17.9. The summed E-state index contributed by atoms with van der Waals surface area (Å²) in [6.45, 7) is 9.90. The number of unbranched alkanes of at least 4 members (excludes halogenated alkanes) is 2. The van der Waals surface area contributed by atoms with Crippen LogP contribution >= 0.6 is 0 Å².